The van der Waals surface area contributed by atoms with Crippen LogP contribution in [0.25, 0.3) is 0 Å². The summed E-state index contributed by atoms with van der Waals surface area (Å²) in [5.41, 5.74) is 1.94. The molecule has 6 heteroatoms. The molecule has 0 aromatic heterocycles. The van der Waals surface area contributed by atoms with Crippen molar-refractivity contribution in [2.45, 2.75) is 32.3 Å². The topological polar surface area (TPSA) is 50.8 Å². The van der Waals surface area contributed by atoms with Crippen LogP contribution in [0.1, 0.15) is 25.3 Å². The second-order valence-electron chi connectivity index (χ2n) is 7.10. The third-order valence-electron chi connectivity index (χ3n) is 4.87. The molecule has 0 atom stereocenters. The molecule has 0 bridgehead atoms. The van der Waals surface area contributed by atoms with E-state index in [0.29, 0.717) is 5.75 Å². The van der Waals surface area contributed by atoms with E-state index in [2.05, 4.69) is 40.1 Å². The van der Waals surface area contributed by atoms with Crippen LogP contribution >= 0.6 is 15.9 Å². The quantitative estimate of drug-likeness (QED) is 0.679. The predicted molar refractivity (Wildman–Crippen MR) is 115 cm³/mol. The lowest BCUT2D eigenvalue weighted by Gasteiger charge is -2.29. The molecule has 2 aromatic carbocycles. The van der Waals surface area contributed by atoms with E-state index in [4.69, 9.17) is 9.47 Å². The number of hydrogen-bond acceptors (Lipinski definition) is 4. The van der Waals surface area contributed by atoms with Gasteiger partial charge in [0, 0.05) is 18.8 Å². The third kappa shape index (κ3) is 5.97. The molecule has 1 saturated heterocycles. The number of rotatable bonds is 7. The van der Waals surface area contributed by atoms with Gasteiger partial charge in [-0.2, -0.15) is 0 Å². The number of benzene rings is 2. The number of hydrogen-bond donors (Lipinski definition) is 1. The van der Waals surface area contributed by atoms with Gasteiger partial charge in [0.25, 0.3) is 5.91 Å². The maximum absolute atomic E-state index is 12.2. The highest BCUT2D eigenvalue weighted by Crippen LogP contribution is 2.26. The summed E-state index contributed by atoms with van der Waals surface area (Å²) in [6.07, 6.45) is 3.31. The Morgan fingerprint density at radius 2 is 1.89 bits per heavy atom. The summed E-state index contributed by atoms with van der Waals surface area (Å²) < 4.78 is 12.5. The van der Waals surface area contributed by atoms with E-state index in [9.17, 15) is 4.79 Å². The minimum Gasteiger partial charge on any atom is -0.490 e. The summed E-state index contributed by atoms with van der Waals surface area (Å²) >= 11 is 3.48. The molecule has 0 aliphatic carbocycles. The summed E-state index contributed by atoms with van der Waals surface area (Å²) in [4.78, 5) is 14.5. The van der Waals surface area contributed by atoms with Crippen LogP contribution in [-0.2, 0) is 11.2 Å². The van der Waals surface area contributed by atoms with Gasteiger partial charge in [-0.25, -0.2) is 0 Å². The number of carbonyl (C=O) groups is 1. The van der Waals surface area contributed by atoms with Crippen LogP contribution in [0.5, 0.6) is 11.5 Å². The average Bonchev–Trinajstić information content (AvgIpc) is 2.70. The number of carbonyl (C=O) groups excluding carboxylic acids is 1. The van der Waals surface area contributed by atoms with Crippen LogP contribution in [0.15, 0.2) is 46.9 Å². The maximum atomic E-state index is 12.2. The lowest BCUT2D eigenvalue weighted by Crippen LogP contribution is -2.35. The first-order valence-corrected chi connectivity index (χ1v) is 10.5. The second kappa shape index (κ2) is 9.94. The zero-order valence-electron chi connectivity index (χ0n) is 16.4. The van der Waals surface area contributed by atoms with Crippen molar-refractivity contribution < 1.29 is 14.3 Å². The first-order chi connectivity index (χ1) is 13.5. The molecule has 1 fully saturated rings. The molecule has 0 radical (unpaired) electrons. The fraction of sp³-hybridized carbons (Fsp3) is 0.409. The Kier molecular flexibility index (Phi) is 7.34. The number of nitrogens with one attached hydrogen (secondary N) is 1. The predicted octanol–water partition coefficient (Wildman–Crippen LogP) is 4.50. The van der Waals surface area contributed by atoms with Gasteiger partial charge in [-0.1, -0.05) is 13.0 Å². The molecule has 1 amide bonds. The Bertz CT molecular complexity index is 787. The van der Waals surface area contributed by atoms with Gasteiger partial charge in [0.1, 0.15) is 17.6 Å². The molecule has 1 aliphatic heterocycles. The van der Waals surface area contributed by atoms with Gasteiger partial charge in [-0.05, 0) is 84.2 Å². The van der Waals surface area contributed by atoms with Crippen molar-refractivity contribution in [1.82, 2.24) is 4.90 Å². The van der Waals surface area contributed by atoms with Crippen molar-refractivity contribution in [3.05, 3.63) is 52.5 Å². The van der Waals surface area contributed by atoms with Crippen LogP contribution in [0.2, 0.25) is 0 Å². The van der Waals surface area contributed by atoms with Crippen molar-refractivity contribution in [3.63, 3.8) is 0 Å². The molecule has 0 saturated carbocycles. The molecule has 2 aromatic rings. The fourth-order valence-corrected chi connectivity index (χ4v) is 3.67. The summed E-state index contributed by atoms with van der Waals surface area (Å²) in [5.74, 6) is 1.30. The standard InChI is InChI=1S/C22H27BrN2O3/c1-3-16-4-9-21(20(23)14-16)27-15-22(26)24-17-5-7-18(8-6-17)28-19-10-12-25(2)13-11-19/h4-9,14,19H,3,10-13,15H2,1-2H3,(H,24,26). The van der Waals surface area contributed by atoms with Crippen LogP contribution in [0, 0.1) is 0 Å². The molecule has 150 valence electrons. The molecule has 5 nitrogen and oxygen atoms in total. The number of anilines is 1. The normalized spacial score (nSPS) is 15.2. The van der Waals surface area contributed by atoms with Crippen LogP contribution < -0.4 is 14.8 Å². The number of likely N-dealkylation sites (tertiary alicyclic amines) is 1. The second-order valence-corrected chi connectivity index (χ2v) is 7.95. The fourth-order valence-electron chi connectivity index (χ4n) is 3.13. The molecule has 3 rings (SSSR count). The molecule has 0 spiro atoms. The summed E-state index contributed by atoms with van der Waals surface area (Å²) in [5, 5.41) is 2.85. The van der Waals surface area contributed by atoms with Gasteiger partial charge in [-0.15, -0.1) is 0 Å². The first-order valence-electron chi connectivity index (χ1n) is 9.70. The minimum absolute atomic E-state index is 0.0437. The monoisotopic (exact) mass is 446 g/mol. The van der Waals surface area contributed by atoms with E-state index < -0.39 is 0 Å². The largest absolute Gasteiger partial charge is 0.490 e. The van der Waals surface area contributed by atoms with E-state index in [-0.39, 0.29) is 18.6 Å². The minimum atomic E-state index is -0.199. The summed E-state index contributed by atoms with van der Waals surface area (Å²) in [6.45, 7) is 4.18. The highest BCUT2D eigenvalue weighted by molar-refractivity contribution is 9.10. The van der Waals surface area contributed by atoms with Gasteiger partial charge >= 0.3 is 0 Å². The number of ether oxygens (including phenoxy) is 2. The number of nitrogens with zero attached hydrogens (tertiary/aromatic N) is 1. The Balaban J connectivity index is 1.46. The lowest BCUT2D eigenvalue weighted by molar-refractivity contribution is -0.118. The molecular formula is C22H27BrN2O3. The van der Waals surface area contributed by atoms with Crippen molar-refractivity contribution in [2.24, 2.45) is 0 Å². The highest BCUT2D eigenvalue weighted by atomic mass is 79.9. The first kappa shape index (κ1) is 20.7. The average molecular weight is 447 g/mol. The molecular weight excluding hydrogens is 420 g/mol. The van der Waals surface area contributed by atoms with Crippen molar-refractivity contribution in [2.75, 3.05) is 32.1 Å². The molecule has 28 heavy (non-hydrogen) atoms. The third-order valence-corrected chi connectivity index (χ3v) is 5.49. The SMILES string of the molecule is CCc1ccc(OCC(=O)Nc2ccc(OC3CCN(C)CC3)cc2)c(Br)c1. The Morgan fingerprint density at radius 3 is 2.54 bits per heavy atom. The molecule has 1 heterocycles. The zero-order chi connectivity index (χ0) is 19.9. The van der Waals surface area contributed by atoms with Gasteiger partial charge in [-0.3, -0.25) is 4.79 Å². The zero-order valence-corrected chi connectivity index (χ0v) is 18.0. The maximum Gasteiger partial charge on any atom is 0.262 e. The molecule has 1 aliphatic rings. The summed E-state index contributed by atoms with van der Waals surface area (Å²) in [6, 6.07) is 13.4. The summed E-state index contributed by atoms with van der Waals surface area (Å²) in [7, 11) is 2.14. The van der Waals surface area contributed by atoms with E-state index in [1.165, 1.54) is 5.56 Å². The van der Waals surface area contributed by atoms with Crippen molar-refractivity contribution >= 4 is 27.5 Å². The molecule has 0 unspecified atom stereocenters. The number of halogens is 1. The van der Waals surface area contributed by atoms with Gasteiger partial charge in [0.2, 0.25) is 0 Å². The number of piperidine rings is 1. The van der Waals surface area contributed by atoms with Crippen molar-refractivity contribution in [3.8, 4) is 11.5 Å². The Labute approximate surface area is 175 Å². The Morgan fingerprint density at radius 1 is 1.18 bits per heavy atom. The Hall–Kier alpha value is -2.05. The van der Waals surface area contributed by atoms with Gasteiger partial charge in [0.05, 0.1) is 4.47 Å². The lowest BCUT2D eigenvalue weighted by atomic mass is 10.1. The van der Waals surface area contributed by atoms with E-state index in [0.717, 1.165) is 48.3 Å². The highest BCUT2D eigenvalue weighted by Gasteiger charge is 2.18. The van der Waals surface area contributed by atoms with Gasteiger partial charge < -0.3 is 19.7 Å². The van der Waals surface area contributed by atoms with Crippen LogP contribution in [-0.4, -0.2) is 43.7 Å². The number of aryl methyl sites for hydroxylation is 1. The van der Waals surface area contributed by atoms with E-state index in [1.807, 2.05) is 42.5 Å². The van der Waals surface area contributed by atoms with E-state index in [1.54, 1.807) is 0 Å². The number of amides is 1. The van der Waals surface area contributed by atoms with E-state index >= 15 is 0 Å². The van der Waals surface area contributed by atoms with Gasteiger partial charge in [0.15, 0.2) is 6.61 Å². The smallest absolute Gasteiger partial charge is 0.262 e. The van der Waals surface area contributed by atoms with Crippen molar-refractivity contribution in [1.29, 1.82) is 0 Å². The van der Waals surface area contributed by atoms with Crippen LogP contribution in [0.3, 0.4) is 0 Å². The molecule has 1 N–H and O–H groups in total. The van der Waals surface area contributed by atoms with Crippen LogP contribution in [0.4, 0.5) is 5.69 Å².